The summed E-state index contributed by atoms with van der Waals surface area (Å²) in [5, 5.41) is 1.92. The molecule has 0 amide bonds. The Morgan fingerprint density at radius 1 is 0.889 bits per heavy atom. The first-order chi connectivity index (χ1) is 17.6. The van der Waals surface area contributed by atoms with Crippen LogP contribution in [0.25, 0.3) is 0 Å². The van der Waals surface area contributed by atoms with Gasteiger partial charge in [0.05, 0.1) is 25.2 Å². The molecule has 180 valence electrons. The number of carbonyl (C=O) groups is 1. The SMILES string of the molecule is COc1ccc([C@@H]2O[C@@H](c3ccccc3)C[C@@]2(C#Cc2ccccc2)C(=O)c2cccs2)cc1OC. The third-order valence-corrected chi connectivity index (χ3v) is 7.36. The molecule has 0 bridgehead atoms. The second kappa shape index (κ2) is 10.4. The van der Waals surface area contributed by atoms with Crippen molar-refractivity contribution in [2.45, 2.75) is 18.6 Å². The molecule has 0 unspecified atom stereocenters. The number of ketones is 1. The molecule has 3 aromatic carbocycles. The van der Waals surface area contributed by atoms with Crippen molar-refractivity contribution in [1.82, 2.24) is 0 Å². The van der Waals surface area contributed by atoms with E-state index in [0.717, 1.165) is 16.7 Å². The maximum absolute atomic E-state index is 14.3. The Morgan fingerprint density at radius 3 is 2.28 bits per heavy atom. The minimum absolute atomic E-state index is 0.0286. The normalized spacial score (nSPS) is 20.8. The second-order valence-electron chi connectivity index (χ2n) is 8.63. The van der Waals surface area contributed by atoms with Gasteiger partial charge in [-0.2, -0.15) is 0 Å². The summed E-state index contributed by atoms with van der Waals surface area (Å²) in [6.45, 7) is 0. The lowest BCUT2D eigenvalue weighted by atomic mass is 9.73. The lowest BCUT2D eigenvalue weighted by molar-refractivity contribution is 0.0223. The van der Waals surface area contributed by atoms with Crippen LogP contribution in [0.1, 0.15) is 45.0 Å². The lowest BCUT2D eigenvalue weighted by Crippen LogP contribution is -2.32. The summed E-state index contributed by atoms with van der Waals surface area (Å²) < 4.78 is 17.7. The summed E-state index contributed by atoms with van der Waals surface area (Å²) >= 11 is 1.43. The first-order valence-electron chi connectivity index (χ1n) is 11.7. The third kappa shape index (κ3) is 4.54. The van der Waals surface area contributed by atoms with Gasteiger partial charge in [-0.3, -0.25) is 4.79 Å². The molecule has 0 N–H and O–H groups in total. The molecule has 4 aromatic rings. The zero-order valence-electron chi connectivity index (χ0n) is 20.1. The molecule has 4 nitrogen and oxygen atoms in total. The molecule has 5 heteroatoms. The Kier molecular flexibility index (Phi) is 6.90. The highest BCUT2D eigenvalue weighted by atomic mass is 32.1. The van der Waals surface area contributed by atoms with Gasteiger partial charge in [0.2, 0.25) is 0 Å². The van der Waals surface area contributed by atoms with Crippen molar-refractivity contribution in [2.24, 2.45) is 5.41 Å². The van der Waals surface area contributed by atoms with Gasteiger partial charge in [-0.15, -0.1) is 11.3 Å². The van der Waals surface area contributed by atoms with Crippen LogP contribution in [0.4, 0.5) is 0 Å². The third-order valence-electron chi connectivity index (χ3n) is 6.49. The predicted molar refractivity (Wildman–Crippen MR) is 142 cm³/mol. The van der Waals surface area contributed by atoms with E-state index in [1.807, 2.05) is 96.4 Å². The molecular weight excluding hydrogens is 468 g/mol. The molecule has 1 fully saturated rings. The maximum Gasteiger partial charge on any atom is 0.193 e. The number of rotatable bonds is 6. The number of hydrogen-bond acceptors (Lipinski definition) is 5. The summed E-state index contributed by atoms with van der Waals surface area (Å²) in [6.07, 6.45) is -0.460. The van der Waals surface area contributed by atoms with E-state index in [-0.39, 0.29) is 11.9 Å². The Labute approximate surface area is 215 Å². The molecule has 1 saturated heterocycles. The molecule has 36 heavy (non-hydrogen) atoms. The highest BCUT2D eigenvalue weighted by Crippen LogP contribution is 2.55. The number of Topliss-reactive ketones (excluding diaryl/α,β-unsaturated/α-hetero) is 1. The quantitative estimate of drug-likeness (QED) is 0.216. The molecule has 3 atom stereocenters. The first kappa shape index (κ1) is 23.9. The van der Waals surface area contributed by atoms with E-state index >= 15 is 0 Å². The van der Waals surface area contributed by atoms with Crippen LogP contribution in [0.2, 0.25) is 0 Å². The van der Waals surface area contributed by atoms with E-state index in [1.54, 1.807) is 14.2 Å². The Hall–Kier alpha value is -3.85. The average molecular weight is 495 g/mol. The van der Waals surface area contributed by atoms with Gasteiger partial charge in [0, 0.05) is 12.0 Å². The fourth-order valence-electron chi connectivity index (χ4n) is 4.69. The smallest absolute Gasteiger partial charge is 0.193 e. The minimum Gasteiger partial charge on any atom is -0.493 e. The van der Waals surface area contributed by atoms with Crippen molar-refractivity contribution in [3.05, 3.63) is 118 Å². The van der Waals surface area contributed by atoms with Gasteiger partial charge in [0.1, 0.15) is 11.5 Å². The Bertz CT molecular complexity index is 1390. The van der Waals surface area contributed by atoms with Crippen LogP contribution in [0.3, 0.4) is 0 Å². The fourth-order valence-corrected chi connectivity index (χ4v) is 5.44. The first-order valence-corrected chi connectivity index (χ1v) is 12.6. The Morgan fingerprint density at radius 2 is 1.61 bits per heavy atom. The van der Waals surface area contributed by atoms with Crippen molar-refractivity contribution in [1.29, 1.82) is 0 Å². The van der Waals surface area contributed by atoms with Crippen LogP contribution >= 0.6 is 11.3 Å². The van der Waals surface area contributed by atoms with Crippen LogP contribution in [0.5, 0.6) is 11.5 Å². The van der Waals surface area contributed by atoms with Gasteiger partial charge in [0.15, 0.2) is 17.3 Å². The standard InChI is InChI=1S/C31H26O4S/c1-33-25-16-15-24(20-26(25)34-2)30-31(29(32)28-14-9-19-36-28,18-17-22-10-5-3-6-11-22)21-27(35-30)23-12-7-4-8-13-23/h3-16,19-20,27,30H,21H2,1-2H3/t27-,30+,31+/m1/s1. The second-order valence-corrected chi connectivity index (χ2v) is 9.58. The van der Waals surface area contributed by atoms with E-state index in [0.29, 0.717) is 22.8 Å². The van der Waals surface area contributed by atoms with E-state index in [9.17, 15) is 4.79 Å². The number of hydrogen-bond donors (Lipinski definition) is 0. The number of ether oxygens (including phenoxy) is 3. The van der Waals surface area contributed by atoms with Gasteiger partial charge < -0.3 is 14.2 Å². The van der Waals surface area contributed by atoms with Gasteiger partial charge in [-0.25, -0.2) is 0 Å². The topological polar surface area (TPSA) is 44.8 Å². The molecule has 0 radical (unpaired) electrons. The number of benzene rings is 3. The molecule has 5 rings (SSSR count). The molecular formula is C31H26O4S. The monoisotopic (exact) mass is 494 g/mol. The van der Waals surface area contributed by atoms with Crippen molar-refractivity contribution in [3.8, 4) is 23.3 Å². The highest BCUT2D eigenvalue weighted by Gasteiger charge is 2.54. The number of methoxy groups -OCH3 is 2. The van der Waals surface area contributed by atoms with Gasteiger partial charge in [-0.1, -0.05) is 72.5 Å². The van der Waals surface area contributed by atoms with E-state index < -0.39 is 11.5 Å². The van der Waals surface area contributed by atoms with Crippen LogP contribution in [-0.2, 0) is 4.74 Å². The van der Waals surface area contributed by atoms with Crippen molar-refractivity contribution in [3.63, 3.8) is 0 Å². The largest absolute Gasteiger partial charge is 0.493 e. The van der Waals surface area contributed by atoms with Gasteiger partial charge >= 0.3 is 0 Å². The molecule has 1 aromatic heterocycles. The van der Waals surface area contributed by atoms with Gasteiger partial charge in [0.25, 0.3) is 0 Å². The van der Waals surface area contributed by atoms with Crippen molar-refractivity contribution < 1.29 is 19.0 Å². The van der Waals surface area contributed by atoms with Crippen LogP contribution < -0.4 is 9.47 Å². The van der Waals surface area contributed by atoms with Crippen molar-refractivity contribution >= 4 is 17.1 Å². The molecule has 1 aliphatic heterocycles. The number of thiophene rings is 1. The van der Waals surface area contributed by atoms with E-state index in [1.165, 1.54) is 11.3 Å². The molecule has 1 aliphatic rings. The van der Waals surface area contributed by atoms with Crippen molar-refractivity contribution in [2.75, 3.05) is 14.2 Å². The summed E-state index contributed by atoms with van der Waals surface area (Å²) in [5.41, 5.74) is 1.59. The van der Waals surface area contributed by atoms with Crippen LogP contribution in [0.15, 0.2) is 96.4 Å². The van der Waals surface area contributed by atoms with Crippen LogP contribution in [0, 0.1) is 17.3 Å². The van der Waals surface area contributed by atoms with E-state index in [4.69, 9.17) is 14.2 Å². The molecule has 0 aliphatic carbocycles. The molecule has 0 saturated carbocycles. The summed E-state index contributed by atoms with van der Waals surface area (Å²) in [7, 11) is 3.20. The maximum atomic E-state index is 14.3. The minimum atomic E-state index is -1.10. The van der Waals surface area contributed by atoms with Crippen LogP contribution in [-0.4, -0.2) is 20.0 Å². The lowest BCUT2D eigenvalue weighted by Gasteiger charge is -2.28. The molecule has 2 heterocycles. The summed E-state index contributed by atoms with van der Waals surface area (Å²) in [6, 6.07) is 29.2. The zero-order chi connectivity index (χ0) is 25.0. The molecule has 0 spiro atoms. The number of carbonyl (C=O) groups excluding carboxylic acids is 1. The zero-order valence-corrected chi connectivity index (χ0v) is 21.0. The summed E-state index contributed by atoms with van der Waals surface area (Å²) in [4.78, 5) is 14.9. The fraction of sp³-hybridized carbons (Fsp3) is 0.194. The highest BCUT2D eigenvalue weighted by molar-refractivity contribution is 7.12. The Balaban J connectivity index is 1.69. The van der Waals surface area contributed by atoms with E-state index in [2.05, 4.69) is 11.8 Å². The summed E-state index contributed by atoms with van der Waals surface area (Å²) in [5.74, 6) is 7.88. The average Bonchev–Trinajstić information content (AvgIpc) is 3.62. The van der Waals surface area contributed by atoms with Gasteiger partial charge in [-0.05, 0) is 46.8 Å². The predicted octanol–water partition coefficient (Wildman–Crippen LogP) is 6.89.